The molecule has 0 radical (unpaired) electrons. The molecule has 1 heterocycles. The molecule has 1 aromatic heterocycles. The summed E-state index contributed by atoms with van der Waals surface area (Å²) in [5.41, 5.74) is -1.13. The number of carbonyl (C=O) groups excluding carboxylic acids is 1. The number of carbonyl (C=O) groups is 1. The number of nitrogens with zero attached hydrogens (tertiary/aromatic N) is 1. The lowest BCUT2D eigenvalue weighted by Crippen LogP contribution is -2.14. The van der Waals surface area contributed by atoms with Gasteiger partial charge in [0.2, 0.25) is 0 Å². The van der Waals surface area contributed by atoms with E-state index in [9.17, 15) is 18.0 Å². The Kier molecular flexibility index (Phi) is 3.76. The number of halogens is 3. The first-order chi connectivity index (χ1) is 6.86. The maximum Gasteiger partial charge on any atom is 0.435 e. The van der Waals surface area contributed by atoms with E-state index in [1.165, 1.54) is 6.92 Å². The van der Waals surface area contributed by atoms with Gasteiger partial charge >= 0.3 is 28.4 Å². The summed E-state index contributed by atoms with van der Waals surface area (Å²) in [6.07, 6.45) is -4.60. The van der Waals surface area contributed by atoms with Crippen LogP contribution in [-0.2, 0) is 10.9 Å². The first-order valence-electron chi connectivity index (χ1n) is 4.08. The van der Waals surface area contributed by atoms with E-state index in [1.54, 1.807) is 0 Å². The van der Waals surface area contributed by atoms with E-state index in [4.69, 9.17) is 0 Å². The Morgan fingerprint density at radius 3 is 2.67 bits per heavy atom. The third kappa shape index (κ3) is 2.94. The molecule has 0 aliphatic heterocycles. The molecule has 0 aliphatic rings. The number of alkyl halides is 3. The van der Waals surface area contributed by atoms with E-state index >= 15 is 0 Å². The molecule has 8 heteroatoms. The van der Waals surface area contributed by atoms with Crippen molar-refractivity contribution in [3.63, 3.8) is 0 Å². The molecular weight excluding hydrogens is 246 g/mol. The van der Waals surface area contributed by atoms with Gasteiger partial charge in [0.25, 0.3) is 0 Å². The van der Waals surface area contributed by atoms with Crippen LogP contribution in [0.5, 0.6) is 0 Å². The van der Waals surface area contributed by atoms with E-state index in [-0.39, 0.29) is 6.61 Å². The van der Waals surface area contributed by atoms with Crippen molar-refractivity contribution in [3.8, 4) is 0 Å². The smallest absolute Gasteiger partial charge is 0.435 e. The maximum absolute atomic E-state index is 12.4. The van der Waals surface area contributed by atoms with Gasteiger partial charge in [-0.05, 0) is 6.92 Å². The Labute approximate surface area is 95.7 Å². The van der Waals surface area contributed by atoms with Crippen molar-refractivity contribution in [1.29, 1.82) is 0 Å². The number of esters is 1. The van der Waals surface area contributed by atoms with Crippen molar-refractivity contribution in [2.45, 2.75) is 13.1 Å². The summed E-state index contributed by atoms with van der Waals surface area (Å²) in [5.74, 6) is -0.954. The van der Waals surface area contributed by atoms with Crippen molar-refractivity contribution in [3.05, 3.63) is 10.6 Å². The molecule has 0 saturated heterocycles. The molecule has 0 spiro atoms. The second-order valence-electron chi connectivity index (χ2n) is 2.63. The van der Waals surface area contributed by atoms with Crippen LogP contribution in [0.1, 0.15) is 22.3 Å². The Balaban J connectivity index is 3.12. The molecule has 15 heavy (non-hydrogen) atoms. The van der Waals surface area contributed by atoms with E-state index in [0.29, 0.717) is 20.2 Å². The van der Waals surface area contributed by atoms with Crippen molar-refractivity contribution < 1.29 is 22.7 Å². The van der Waals surface area contributed by atoms with E-state index in [0.717, 1.165) is 11.3 Å². The van der Waals surface area contributed by atoms with Crippen molar-refractivity contribution in [2.75, 3.05) is 6.61 Å². The third-order valence-electron chi connectivity index (χ3n) is 1.46. The first kappa shape index (κ1) is 12.5. The Hall–Kier alpha value is -0.578. The van der Waals surface area contributed by atoms with Crippen LogP contribution in [-0.4, -0.2) is 33.9 Å². The minimum atomic E-state index is -4.60. The van der Waals surface area contributed by atoms with E-state index in [1.807, 2.05) is 0 Å². The maximum atomic E-state index is 12.4. The number of hydrogen-bond acceptors (Lipinski definition) is 4. The Bertz CT molecular complexity index is 377. The summed E-state index contributed by atoms with van der Waals surface area (Å²) in [5, 5.41) is 0. The van der Waals surface area contributed by atoms with Gasteiger partial charge in [-0.2, -0.15) is 13.2 Å². The molecule has 0 bridgehead atoms. The minimum Gasteiger partial charge on any atom is -0.462 e. The van der Waals surface area contributed by atoms with Crippen LogP contribution in [0.25, 0.3) is 0 Å². The summed E-state index contributed by atoms with van der Waals surface area (Å²) in [7, 11) is 0. The summed E-state index contributed by atoms with van der Waals surface area (Å²) in [6, 6.07) is 0. The molecule has 0 N–H and O–H groups in total. The lowest BCUT2D eigenvalue weighted by molar-refractivity contribution is -0.141. The topological polar surface area (TPSA) is 39.2 Å². The highest BCUT2D eigenvalue weighted by Gasteiger charge is 2.39. The normalized spacial score (nSPS) is 11.5. The van der Waals surface area contributed by atoms with E-state index < -0.39 is 22.7 Å². The summed E-state index contributed by atoms with van der Waals surface area (Å²) < 4.78 is 42.1. The van der Waals surface area contributed by atoms with Crippen LogP contribution in [0.4, 0.5) is 13.2 Å². The second kappa shape index (κ2) is 4.51. The Morgan fingerprint density at radius 1 is 1.60 bits per heavy atom. The van der Waals surface area contributed by atoms with E-state index in [2.05, 4.69) is 9.72 Å². The average molecular weight is 253 g/mol. The van der Waals surface area contributed by atoms with Crippen LogP contribution < -0.4 is 3.87 Å². The van der Waals surface area contributed by atoms with Crippen LogP contribution in [0.2, 0.25) is 0 Å². The quantitative estimate of drug-likeness (QED) is 0.572. The highest BCUT2D eigenvalue weighted by molar-refractivity contribution is 7.21. The second-order valence-corrected chi connectivity index (χ2v) is 5.50. The molecule has 0 aromatic carbocycles. The van der Waals surface area contributed by atoms with Crippen molar-refractivity contribution >= 4 is 37.5 Å². The molecule has 0 fully saturated rings. The van der Waals surface area contributed by atoms with Gasteiger partial charge in [-0.3, -0.25) is 4.98 Å². The number of thiazole rings is 1. The zero-order valence-corrected chi connectivity index (χ0v) is 10.8. The lowest BCUT2D eigenvalue weighted by atomic mass is 10.3. The fourth-order valence-corrected chi connectivity index (χ4v) is 2.62. The SMILES string of the molecule is CCOC(=O)c1s[c]([AlH2])nc1C(F)(F)F. The van der Waals surface area contributed by atoms with Gasteiger partial charge in [0.15, 0.2) is 5.69 Å². The minimum absolute atomic E-state index is 0.0461. The molecule has 0 amide bonds. The van der Waals surface area contributed by atoms with Gasteiger partial charge in [-0.1, -0.05) is 0 Å². The highest BCUT2D eigenvalue weighted by Crippen LogP contribution is 2.32. The summed E-state index contributed by atoms with van der Waals surface area (Å²) in [4.78, 5) is 14.1. The molecule has 0 atom stereocenters. The van der Waals surface area contributed by atoms with Gasteiger partial charge in [-0.15, -0.1) is 11.3 Å². The predicted molar refractivity (Wildman–Crippen MR) is 51.3 cm³/mol. The standard InChI is InChI=1S/C7H5F3NO2S.Al.2H/c1-2-13-6(12)4-5(7(8,9)10)11-3-14-4;;;/h2H2,1H3;;;. The zero-order chi connectivity index (χ0) is 11.6. The van der Waals surface area contributed by atoms with Gasteiger partial charge in [-0.25, -0.2) is 4.79 Å². The first-order valence-corrected chi connectivity index (χ1v) is 5.89. The molecule has 82 valence electrons. The predicted octanol–water partition coefficient (Wildman–Crippen LogP) is 0.597. The highest BCUT2D eigenvalue weighted by atomic mass is 32.1. The molecule has 1 rings (SSSR count). The summed E-state index contributed by atoms with van der Waals surface area (Å²) >= 11 is 1.12. The molecular formula is C7H7AlF3NO2S. The summed E-state index contributed by atoms with van der Waals surface area (Å²) in [6.45, 7) is 1.58. The average Bonchev–Trinajstić information content (AvgIpc) is 2.47. The number of rotatable bonds is 2. The number of hydrogen-bond donors (Lipinski definition) is 0. The van der Waals surface area contributed by atoms with Crippen molar-refractivity contribution in [1.82, 2.24) is 4.98 Å². The fourth-order valence-electron chi connectivity index (χ4n) is 0.954. The van der Waals surface area contributed by atoms with Crippen LogP contribution in [0.3, 0.4) is 0 Å². The molecule has 1 aromatic rings. The van der Waals surface area contributed by atoms with Gasteiger partial charge in [0.1, 0.15) is 4.88 Å². The largest absolute Gasteiger partial charge is 0.462 e. The van der Waals surface area contributed by atoms with Crippen LogP contribution in [0.15, 0.2) is 0 Å². The van der Waals surface area contributed by atoms with Gasteiger partial charge in [0, 0.05) is 3.87 Å². The Morgan fingerprint density at radius 2 is 2.20 bits per heavy atom. The number of ether oxygens (including phenoxy) is 1. The molecule has 3 nitrogen and oxygen atoms in total. The van der Waals surface area contributed by atoms with Crippen LogP contribution in [0, 0.1) is 0 Å². The molecule has 0 unspecified atom stereocenters. The molecule has 0 saturated carbocycles. The van der Waals surface area contributed by atoms with Gasteiger partial charge < -0.3 is 4.74 Å². The monoisotopic (exact) mass is 253 g/mol. The number of aromatic nitrogens is 1. The van der Waals surface area contributed by atoms with Crippen molar-refractivity contribution in [2.24, 2.45) is 0 Å². The third-order valence-corrected chi connectivity index (χ3v) is 3.25. The van der Waals surface area contributed by atoms with Gasteiger partial charge in [0.05, 0.1) is 6.61 Å². The lowest BCUT2D eigenvalue weighted by Gasteiger charge is -2.05. The zero-order valence-electron chi connectivity index (χ0n) is 8.01. The molecule has 0 aliphatic carbocycles. The van der Waals surface area contributed by atoms with Crippen LogP contribution >= 0.6 is 11.3 Å². The fraction of sp³-hybridized carbons (Fsp3) is 0.429.